The van der Waals surface area contributed by atoms with E-state index in [-0.39, 0.29) is 0 Å². The van der Waals surface area contributed by atoms with Crippen molar-refractivity contribution >= 4 is 28.8 Å². The van der Waals surface area contributed by atoms with E-state index < -0.39 is 0 Å². The molecule has 0 aliphatic rings. The highest BCUT2D eigenvalue weighted by atomic mass is 35.5. The highest BCUT2D eigenvalue weighted by Gasteiger charge is 1.95. The molecule has 4 heteroatoms. The summed E-state index contributed by atoms with van der Waals surface area (Å²) in [6.45, 7) is 0.496. The van der Waals surface area contributed by atoms with Gasteiger partial charge in [0.1, 0.15) is 5.75 Å². The van der Waals surface area contributed by atoms with E-state index in [0.717, 1.165) is 5.75 Å². The fraction of sp³-hybridized carbons (Fsp3) is 0.222. The number of ether oxygens (including phenoxy) is 1. The summed E-state index contributed by atoms with van der Waals surface area (Å²) in [4.78, 5) is 0.460. The summed E-state index contributed by atoms with van der Waals surface area (Å²) in [6, 6.07) is 7.22. The molecule has 0 aliphatic heterocycles. The smallest absolute Gasteiger partial charge is 0.120 e. The molecule has 0 heterocycles. The lowest BCUT2D eigenvalue weighted by atomic mass is 10.3. The molecule has 0 aromatic heterocycles. The van der Waals surface area contributed by atoms with Crippen molar-refractivity contribution in [2.24, 2.45) is 5.73 Å². The molecule has 70 valence electrons. The Hall–Kier alpha value is -0.800. The second kappa shape index (κ2) is 5.04. The van der Waals surface area contributed by atoms with Gasteiger partial charge in [-0.25, -0.2) is 0 Å². The van der Waals surface area contributed by atoms with Crippen LogP contribution in [0.25, 0.3) is 0 Å². The third-order valence-corrected chi connectivity index (χ3v) is 1.85. The first-order valence-corrected chi connectivity index (χ1v) is 4.64. The highest BCUT2D eigenvalue weighted by molar-refractivity contribution is 7.80. The van der Waals surface area contributed by atoms with E-state index in [1.165, 1.54) is 0 Å². The first-order valence-electron chi connectivity index (χ1n) is 3.85. The summed E-state index contributed by atoms with van der Waals surface area (Å²) in [6.07, 6.45) is 0.585. The molecule has 0 unspecified atom stereocenters. The number of hydrogen-bond donors (Lipinski definition) is 1. The number of thiocarbonyl (C=S) groups is 1. The van der Waals surface area contributed by atoms with Crippen LogP contribution in [0.1, 0.15) is 6.42 Å². The predicted molar refractivity (Wildman–Crippen MR) is 58.3 cm³/mol. The molecule has 0 fully saturated rings. The van der Waals surface area contributed by atoms with Crippen LogP contribution in [0.4, 0.5) is 0 Å². The predicted octanol–water partition coefficient (Wildman–Crippen LogP) is 2.40. The molecule has 0 saturated heterocycles. The maximum Gasteiger partial charge on any atom is 0.120 e. The summed E-state index contributed by atoms with van der Waals surface area (Å²) < 4.78 is 5.35. The molecular weight excluding hydrogens is 206 g/mol. The van der Waals surface area contributed by atoms with Crippen molar-refractivity contribution in [2.75, 3.05) is 6.61 Å². The highest BCUT2D eigenvalue weighted by Crippen LogP contribution is 2.16. The van der Waals surface area contributed by atoms with Crippen LogP contribution in [-0.2, 0) is 0 Å². The van der Waals surface area contributed by atoms with E-state index >= 15 is 0 Å². The van der Waals surface area contributed by atoms with Gasteiger partial charge in [0.25, 0.3) is 0 Å². The van der Waals surface area contributed by atoms with Gasteiger partial charge in [-0.05, 0) is 18.2 Å². The normalized spacial score (nSPS) is 9.62. The summed E-state index contributed by atoms with van der Waals surface area (Å²) in [5.41, 5.74) is 5.31. The minimum Gasteiger partial charge on any atom is -0.493 e. The zero-order chi connectivity index (χ0) is 9.68. The fourth-order valence-electron chi connectivity index (χ4n) is 0.826. The van der Waals surface area contributed by atoms with Crippen LogP contribution in [0.3, 0.4) is 0 Å². The van der Waals surface area contributed by atoms with E-state index in [1.807, 2.05) is 12.1 Å². The van der Waals surface area contributed by atoms with Gasteiger partial charge in [0.05, 0.1) is 11.6 Å². The molecule has 2 nitrogen and oxygen atoms in total. The molecule has 0 atom stereocenters. The summed E-state index contributed by atoms with van der Waals surface area (Å²) in [5.74, 6) is 0.740. The van der Waals surface area contributed by atoms with Crippen LogP contribution >= 0.6 is 23.8 Å². The molecule has 0 bridgehead atoms. The summed E-state index contributed by atoms with van der Waals surface area (Å²) in [7, 11) is 0. The van der Waals surface area contributed by atoms with Gasteiger partial charge in [-0.1, -0.05) is 29.9 Å². The fourth-order valence-corrected chi connectivity index (χ4v) is 1.09. The number of rotatable bonds is 4. The van der Waals surface area contributed by atoms with Crippen molar-refractivity contribution in [2.45, 2.75) is 6.42 Å². The Labute approximate surface area is 87.6 Å². The average Bonchev–Trinajstić information content (AvgIpc) is 2.03. The quantitative estimate of drug-likeness (QED) is 0.784. The maximum absolute atomic E-state index is 5.76. The van der Waals surface area contributed by atoms with E-state index in [9.17, 15) is 0 Å². The first kappa shape index (κ1) is 10.3. The average molecular weight is 216 g/mol. The number of halogens is 1. The SMILES string of the molecule is NC(=S)CCOc1cccc(Cl)c1. The lowest BCUT2D eigenvalue weighted by Crippen LogP contribution is -2.12. The molecule has 1 rings (SSSR count). The standard InChI is InChI=1S/C9H10ClNOS/c10-7-2-1-3-8(6-7)12-5-4-9(11)13/h1-3,6H,4-5H2,(H2,11,13). The van der Waals surface area contributed by atoms with Crippen molar-refractivity contribution in [3.05, 3.63) is 29.3 Å². The zero-order valence-corrected chi connectivity index (χ0v) is 8.57. The third kappa shape index (κ3) is 4.10. The topological polar surface area (TPSA) is 35.2 Å². The summed E-state index contributed by atoms with van der Waals surface area (Å²) in [5, 5.41) is 0.660. The first-order chi connectivity index (χ1) is 6.18. The number of nitrogens with two attached hydrogens (primary N) is 1. The second-order valence-electron chi connectivity index (χ2n) is 2.52. The molecular formula is C9H10ClNOS. The Bertz CT molecular complexity index is 303. The molecule has 0 spiro atoms. The zero-order valence-electron chi connectivity index (χ0n) is 7.00. The van der Waals surface area contributed by atoms with Crippen LogP contribution in [0.15, 0.2) is 24.3 Å². The lowest BCUT2D eigenvalue weighted by molar-refractivity contribution is 0.329. The van der Waals surface area contributed by atoms with Gasteiger partial charge in [-0.15, -0.1) is 0 Å². The minimum atomic E-state index is 0.460. The summed E-state index contributed by atoms with van der Waals surface area (Å²) >= 11 is 10.5. The van der Waals surface area contributed by atoms with Gasteiger partial charge in [0.15, 0.2) is 0 Å². The molecule has 13 heavy (non-hydrogen) atoms. The van der Waals surface area contributed by atoms with E-state index in [1.54, 1.807) is 12.1 Å². The van der Waals surface area contributed by atoms with Crippen molar-refractivity contribution in [1.82, 2.24) is 0 Å². The Morgan fingerprint density at radius 2 is 2.31 bits per heavy atom. The lowest BCUT2D eigenvalue weighted by Gasteiger charge is -2.04. The van der Waals surface area contributed by atoms with Gasteiger partial charge in [0, 0.05) is 11.4 Å². The van der Waals surface area contributed by atoms with Gasteiger partial charge in [-0.2, -0.15) is 0 Å². The molecule has 0 radical (unpaired) electrons. The Morgan fingerprint density at radius 1 is 1.54 bits per heavy atom. The van der Waals surface area contributed by atoms with E-state index in [0.29, 0.717) is 23.0 Å². The Morgan fingerprint density at radius 3 is 2.92 bits per heavy atom. The molecule has 1 aromatic carbocycles. The van der Waals surface area contributed by atoms with Gasteiger partial charge < -0.3 is 10.5 Å². The van der Waals surface area contributed by atoms with Crippen LogP contribution in [0, 0.1) is 0 Å². The molecule has 0 aliphatic carbocycles. The largest absolute Gasteiger partial charge is 0.493 e. The van der Waals surface area contributed by atoms with Crippen molar-refractivity contribution in [1.29, 1.82) is 0 Å². The van der Waals surface area contributed by atoms with Crippen LogP contribution in [0.2, 0.25) is 5.02 Å². The van der Waals surface area contributed by atoms with Crippen LogP contribution < -0.4 is 10.5 Å². The molecule has 1 aromatic rings. The Kier molecular flexibility index (Phi) is 3.99. The molecule has 0 amide bonds. The number of hydrogen-bond acceptors (Lipinski definition) is 2. The van der Waals surface area contributed by atoms with Gasteiger partial charge >= 0.3 is 0 Å². The molecule has 0 saturated carbocycles. The van der Waals surface area contributed by atoms with Crippen LogP contribution in [0.5, 0.6) is 5.75 Å². The van der Waals surface area contributed by atoms with Gasteiger partial charge in [-0.3, -0.25) is 0 Å². The Balaban J connectivity index is 2.41. The van der Waals surface area contributed by atoms with Crippen molar-refractivity contribution in [3.8, 4) is 5.75 Å². The molecule has 2 N–H and O–H groups in total. The second-order valence-corrected chi connectivity index (χ2v) is 3.48. The van der Waals surface area contributed by atoms with Crippen LogP contribution in [-0.4, -0.2) is 11.6 Å². The monoisotopic (exact) mass is 215 g/mol. The van der Waals surface area contributed by atoms with E-state index in [4.69, 9.17) is 34.3 Å². The third-order valence-electron chi connectivity index (χ3n) is 1.41. The minimum absolute atomic E-state index is 0.460. The maximum atomic E-state index is 5.76. The van der Waals surface area contributed by atoms with E-state index in [2.05, 4.69) is 0 Å². The van der Waals surface area contributed by atoms with Crippen molar-refractivity contribution in [3.63, 3.8) is 0 Å². The van der Waals surface area contributed by atoms with Gasteiger partial charge in [0.2, 0.25) is 0 Å². The number of benzene rings is 1. The van der Waals surface area contributed by atoms with Crippen molar-refractivity contribution < 1.29 is 4.74 Å².